The summed E-state index contributed by atoms with van der Waals surface area (Å²) < 4.78 is 27.1. The number of nitrogens with zero attached hydrogens (tertiary/aromatic N) is 6. The molecule has 7 heterocycles. The van der Waals surface area contributed by atoms with E-state index < -0.39 is 23.0 Å². The molecule has 0 saturated heterocycles. The summed E-state index contributed by atoms with van der Waals surface area (Å²) >= 11 is 1.73. The number of halogens is 2. The number of aryl methyl sites for hydroxylation is 1. The first-order valence-corrected chi connectivity index (χ1v) is 44.6. The van der Waals surface area contributed by atoms with Crippen LogP contribution in [0.25, 0.3) is 120 Å². The Kier molecular flexibility index (Phi) is 52.8. The third kappa shape index (κ3) is 38.1. The van der Waals surface area contributed by atoms with Crippen LogP contribution in [0.4, 0.5) is 8.78 Å². The van der Waals surface area contributed by atoms with Gasteiger partial charge in [-0.1, -0.05) is 259 Å². The monoisotopic (exact) mass is 2920 g/mol. The molecule has 0 fully saturated rings. The quantitative estimate of drug-likeness (QED) is 0.0290. The summed E-state index contributed by atoms with van der Waals surface area (Å²) in [5.74, 6) is -2.18. The first-order chi connectivity index (χ1) is 63.5. The molecule has 0 atom stereocenters. The number of hydrogen-bond donors (Lipinski definition) is 3. The number of fused-ring (bicyclic) bond motifs is 7. The number of ketones is 2. The van der Waals surface area contributed by atoms with E-state index in [9.17, 15) is 28.3 Å². The normalized spacial score (nSPS) is 10.7. The third-order valence-corrected chi connectivity index (χ3v) is 21.5. The Morgan fingerprint density at radius 3 is 1.38 bits per heavy atom. The Hall–Kier alpha value is -10.8. The van der Waals surface area contributed by atoms with Gasteiger partial charge >= 0.3 is 0 Å². The summed E-state index contributed by atoms with van der Waals surface area (Å²) in [5, 5.41) is 38.1. The van der Waals surface area contributed by atoms with Gasteiger partial charge in [-0.2, -0.15) is 0 Å². The number of carbonyl (C=O) groups is 3. The van der Waals surface area contributed by atoms with E-state index in [1.54, 1.807) is 53.9 Å². The molecule has 18 aromatic rings. The van der Waals surface area contributed by atoms with E-state index in [4.69, 9.17) is 10.2 Å². The van der Waals surface area contributed by atoms with Crippen molar-refractivity contribution in [2.75, 3.05) is 0 Å². The van der Waals surface area contributed by atoms with Crippen LogP contribution in [-0.4, -0.2) is 62.8 Å². The maximum atomic E-state index is 13.2. The largest absolute Gasteiger partial charge is 0.521 e. The van der Waals surface area contributed by atoms with Crippen LogP contribution in [0, 0.1) is 64.9 Å². The topological polar surface area (TPSA) is 189 Å². The molecule has 6 radical (unpaired) electrons. The molecule has 0 spiro atoms. The number of hydrogen-bond acceptors (Lipinski definition) is 12. The van der Waals surface area contributed by atoms with Gasteiger partial charge in [0.05, 0.1) is 5.76 Å². The second-order valence-electron chi connectivity index (χ2n) is 34.0. The number of carboxylic acids is 1. The summed E-state index contributed by atoms with van der Waals surface area (Å²) in [7, 11) is 0. The average Bonchev–Trinajstić information content (AvgIpc) is 1.11. The van der Waals surface area contributed by atoms with Gasteiger partial charge in [0.2, 0.25) is 5.97 Å². The summed E-state index contributed by atoms with van der Waals surface area (Å²) in [6.45, 7) is 22.9. The van der Waals surface area contributed by atoms with Gasteiger partial charge < -0.3 is 50.0 Å². The van der Waals surface area contributed by atoms with Crippen molar-refractivity contribution in [1.82, 2.24) is 29.9 Å². The minimum absolute atomic E-state index is 0. The molecule has 3 N–H and O–H groups in total. The average molecular weight is 2920 g/mol. The Bertz CT molecular complexity index is 6700. The van der Waals surface area contributed by atoms with Gasteiger partial charge in [0, 0.05) is 198 Å². The zero-order valence-corrected chi connectivity index (χ0v) is 93.9. The fourth-order valence-electron chi connectivity index (χ4n) is 13.2. The Morgan fingerprint density at radius 1 is 0.413 bits per heavy atom. The Balaban J connectivity index is 0.000000328. The smallest absolute Gasteiger partial charge is 0.247 e. The van der Waals surface area contributed by atoms with Crippen molar-refractivity contribution in [3.05, 3.63) is 423 Å². The minimum Gasteiger partial charge on any atom is -0.521 e. The van der Waals surface area contributed by atoms with Crippen LogP contribution in [0.5, 0.6) is 0 Å². The minimum atomic E-state index is -0.935. The number of allylic oxidation sites excluding steroid dienone is 4. The number of benzene rings is 11. The number of rotatable bonds is 15. The molecular weight excluding hydrogens is 2810 g/mol. The van der Waals surface area contributed by atoms with Crippen molar-refractivity contribution in [2.45, 2.75) is 133 Å². The number of thiophene rings is 1. The molecule has 0 aliphatic rings. The number of pyridine rings is 6. The zero-order chi connectivity index (χ0) is 94.4. The van der Waals surface area contributed by atoms with E-state index in [-0.39, 0.29) is 166 Å². The van der Waals surface area contributed by atoms with Crippen molar-refractivity contribution in [3.63, 3.8) is 0 Å². The molecule has 0 aliphatic heterocycles. The van der Waals surface area contributed by atoms with Crippen LogP contribution < -0.4 is 0 Å². The number of unbranched alkanes of at least 4 members (excludes halogenated alkanes) is 5. The summed E-state index contributed by atoms with van der Waals surface area (Å²) in [6, 6.07) is 116. The molecule has 7 aromatic heterocycles. The van der Waals surface area contributed by atoms with Crippen molar-refractivity contribution in [1.29, 1.82) is 0 Å². The number of aliphatic hydroxyl groups excluding tert-OH is 2. The molecule has 18 rings (SSSR count). The van der Waals surface area contributed by atoms with Gasteiger partial charge in [0.1, 0.15) is 5.76 Å². The third-order valence-electron chi connectivity index (χ3n) is 20.4. The number of carbonyl (C=O) groups excluding carboxylic acids is 2. The molecular formula is C117H109F2Ir6N6O6S-7. The van der Waals surface area contributed by atoms with Gasteiger partial charge in [0.15, 0.2) is 11.6 Å². The van der Waals surface area contributed by atoms with E-state index in [1.165, 1.54) is 135 Å². The van der Waals surface area contributed by atoms with Gasteiger partial charge in [-0.05, 0) is 131 Å². The summed E-state index contributed by atoms with van der Waals surface area (Å²) in [5.41, 5.74) is 11.1. The van der Waals surface area contributed by atoms with Crippen LogP contribution in [0.3, 0.4) is 0 Å². The Labute approximate surface area is 895 Å². The standard InChI is InChI=1S/C23H26N.C19H18N.C15H10N.C13H8NS.C13H8N.C11H6F2N.C11H20O2.C7H5O2.C5H8O2.6Ir/c1-2-3-4-5-6-7-10-19-13-15-21(16-14-19)23-22-12-9-8-11-20(22)17-18-24-23;1-19(2,3)16-10-8-15(9-11-16)18-17-7-5-4-6-14(17)12-13-20-18;1-2-7-13(8-3-1)15-14-9-5-4-6-12(14)10-11-16-15;1-2-7-12-10(5-1)9-13(15-12)11-6-3-4-8-14-11;1-2-6-12-10(4-1)7-8-11-5-3-9-14-13(11)12;12-8-4-5-9(10(13)7-8)11-3-1-2-6-14-11;1-10(2,3)8(12)7-9(13)11(4,5)6;8-7(9)6-4-2-1-3-5-6;1-4(6)3-5(2)7;;;;;;/h8-9,11-15,17-18H,2-7,10H2,1H3;4-8,10-13H,1-3H3;1-7,9-11H;1-8H;1-5,7-9H;1-4,6-7H;7,12H,1-6H3;1-4H,(H,8,9);3,6H,1-2H3;;;;;;/q6*-1;;-1;;;;;;;. The van der Waals surface area contributed by atoms with E-state index in [0.29, 0.717) is 5.69 Å². The van der Waals surface area contributed by atoms with Crippen molar-refractivity contribution in [3.8, 4) is 55.6 Å². The van der Waals surface area contributed by atoms with E-state index in [0.717, 1.165) is 73.8 Å². The van der Waals surface area contributed by atoms with Crippen LogP contribution >= 0.6 is 11.3 Å². The molecule has 12 nitrogen and oxygen atoms in total. The molecule has 0 saturated carbocycles. The second kappa shape index (κ2) is 60.9. The second-order valence-corrected chi connectivity index (χ2v) is 35.0. The molecule has 21 heteroatoms. The number of aromatic carboxylic acids is 1. The maximum Gasteiger partial charge on any atom is 0.247 e. The maximum absolute atomic E-state index is 13.2. The van der Waals surface area contributed by atoms with Gasteiger partial charge in [0.25, 0.3) is 0 Å². The fourth-order valence-corrected chi connectivity index (χ4v) is 14.2. The molecule has 0 bridgehead atoms. The van der Waals surface area contributed by atoms with E-state index >= 15 is 0 Å². The van der Waals surface area contributed by atoms with Gasteiger partial charge in [-0.15, -0.1) is 208 Å². The number of aromatic nitrogens is 6. The van der Waals surface area contributed by atoms with Gasteiger partial charge in [-0.25, -0.2) is 11.3 Å². The molecule has 0 aliphatic carbocycles. The first-order valence-electron chi connectivity index (χ1n) is 43.8. The van der Waals surface area contributed by atoms with E-state index in [2.05, 4.69) is 246 Å². The zero-order valence-electron chi connectivity index (χ0n) is 78.7. The summed E-state index contributed by atoms with van der Waals surface area (Å²) in [6.07, 6.45) is 22.5. The van der Waals surface area contributed by atoms with Gasteiger partial charge in [-0.3, -0.25) is 18.4 Å². The first kappa shape index (κ1) is 120. The van der Waals surface area contributed by atoms with Crippen LogP contribution in [0.1, 0.15) is 143 Å². The van der Waals surface area contributed by atoms with Crippen LogP contribution in [-0.2, 0) is 142 Å². The number of aliphatic hydroxyl groups is 2. The van der Waals surface area contributed by atoms with E-state index in [1.807, 2.05) is 164 Å². The van der Waals surface area contributed by atoms with Crippen molar-refractivity contribution >= 4 is 93.0 Å². The predicted molar refractivity (Wildman–Crippen MR) is 538 cm³/mol. The SMILES string of the molecule is CC(=O)C=C(C)O.CC(C)(C)C(=O)C=C(O)C(C)(C)C.CC(C)(C)c1c[c-]c(-c2nccc3ccccc23)cc1.CCCCCCCCc1c[c-]c(-c2nccc3ccccc23)cc1.Fc1c[c-]c(-c2ccccn2)c(F)c1.O=C(O)c1[c-]cccc1.[Ir].[Ir].[Ir].[Ir].[Ir].[Ir].[c-]1c(-c2ccccn2)sc2ccccc12.[c-]1cccc2ccc3cccnc3c12.[c-]1ccccc1-c1nccc2ccccc12. The van der Waals surface area contributed by atoms with Crippen LogP contribution in [0.2, 0.25) is 0 Å². The number of carboxylic acid groups (broad SMARTS) is 1. The van der Waals surface area contributed by atoms with Crippen LogP contribution in [0.15, 0.2) is 352 Å². The van der Waals surface area contributed by atoms with Crippen molar-refractivity contribution in [2.24, 2.45) is 10.8 Å². The predicted octanol–water partition coefficient (Wildman–Crippen LogP) is 30.4. The Morgan fingerprint density at radius 2 is 0.906 bits per heavy atom. The molecule has 724 valence electrons. The molecule has 11 aromatic carbocycles. The fraction of sp³-hybridized carbons (Fsp3) is 0.188. The molecule has 0 unspecified atom stereocenters. The molecule has 138 heavy (non-hydrogen) atoms. The molecule has 0 amide bonds. The van der Waals surface area contributed by atoms with Crippen molar-refractivity contribution < 1.29 is 159 Å². The summed E-state index contributed by atoms with van der Waals surface area (Å²) in [4.78, 5) is 59.0.